The molecule has 0 atom stereocenters. The zero-order valence-corrected chi connectivity index (χ0v) is 18.1. The van der Waals surface area contributed by atoms with Crippen LogP contribution in [0.5, 0.6) is 0 Å². The Morgan fingerprint density at radius 2 is 1.69 bits per heavy atom. The number of nitrogens with zero attached hydrogens (tertiary/aromatic N) is 1. The predicted octanol–water partition coefficient (Wildman–Crippen LogP) is 8.37. The molecule has 4 heterocycles. The normalized spacial score (nSPS) is 12.7. The highest BCUT2D eigenvalue weighted by atomic mass is 32.1. The second-order valence-corrected chi connectivity index (χ2v) is 10.4. The number of hydrogen-bond donors (Lipinski definition) is 0. The van der Waals surface area contributed by atoms with Gasteiger partial charge in [0.05, 0.1) is 11.1 Å². The smallest absolute Gasteiger partial charge is 0.139 e. The SMILES string of the molecule is CC(C)(C)c1cc(-c2nccc3oc4cc5ccsc5cc4c23)cc2ccsc12. The molecule has 0 unspecified atom stereocenters. The van der Waals surface area contributed by atoms with E-state index in [2.05, 4.69) is 67.9 Å². The molecule has 142 valence electrons. The zero-order chi connectivity index (χ0) is 19.8. The number of furan rings is 1. The van der Waals surface area contributed by atoms with Crippen molar-refractivity contribution < 1.29 is 4.42 Å². The van der Waals surface area contributed by atoms with Gasteiger partial charge in [-0.25, -0.2) is 0 Å². The molecule has 4 aromatic heterocycles. The number of benzene rings is 2. The van der Waals surface area contributed by atoms with E-state index in [0.29, 0.717) is 0 Å². The van der Waals surface area contributed by atoms with Crippen molar-refractivity contribution in [2.75, 3.05) is 0 Å². The van der Waals surface area contributed by atoms with Gasteiger partial charge in [-0.1, -0.05) is 20.8 Å². The highest BCUT2D eigenvalue weighted by Crippen LogP contribution is 2.41. The van der Waals surface area contributed by atoms with E-state index in [1.54, 1.807) is 11.3 Å². The molecule has 0 spiro atoms. The minimum Gasteiger partial charge on any atom is -0.456 e. The molecule has 0 saturated heterocycles. The number of rotatable bonds is 1. The van der Waals surface area contributed by atoms with Gasteiger partial charge in [0.2, 0.25) is 0 Å². The fourth-order valence-corrected chi connectivity index (χ4v) is 6.09. The molecule has 0 aliphatic rings. The Bertz CT molecular complexity index is 1540. The van der Waals surface area contributed by atoms with Gasteiger partial charge >= 0.3 is 0 Å². The van der Waals surface area contributed by atoms with Crippen LogP contribution >= 0.6 is 22.7 Å². The quantitative estimate of drug-likeness (QED) is 0.270. The third kappa shape index (κ3) is 2.56. The van der Waals surface area contributed by atoms with E-state index in [-0.39, 0.29) is 5.41 Å². The van der Waals surface area contributed by atoms with E-state index >= 15 is 0 Å². The average molecular weight is 414 g/mol. The topological polar surface area (TPSA) is 26.0 Å². The fraction of sp³-hybridized carbons (Fsp3) is 0.160. The Morgan fingerprint density at radius 1 is 0.862 bits per heavy atom. The lowest BCUT2D eigenvalue weighted by Crippen LogP contribution is -2.11. The molecular formula is C25H19NOS2. The summed E-state index contributed by atoms with van der Waals surface area (Å²) in [5, 5.41) is 9.06. The van der Waals surface area contributed by atoms with Crippen LogP contribution in [0.15, 0.2) is 63.8 Å². The van der Waals surface area contributed by atoms with Crippen molar-refractivity contribution in [3.05, 3.63) is 65.0 Å². The third-order valence-corrected chi connectivity index (χ3v) is 7.43. The minimum absolute atomic E-state index is 0.0641. The minimum atomic E-state index is 0.0641. The molecule has 0 saturated carbocycles. The molecule has 0 aliphatic carbocycles. The largest absolute Gasteiger partial charge is 0.456 e. The summed E-state index contributed by atoms with van der Waals surface area (Å²) in [6.45, 7) is 6.83. The van der Waals surface area contributed by atoms with Crippen LogP contribution in [-0.2, 0) is 5.41 Å². The third-order valence-electron chi connectivity index (χ3n) is 5.59. The summed E-state index contributed by atoms with van der Waals surface area (Å²) < 4.78 is 8.87. The van der Waals surface area contributed by atoms with Gasteiger partial charge in [-0.05, 0) is 75.0 Å². The molecule has 0 bridgehead atoms. The summed E-state index contributed by atoms with van der Waals surface area (Å²) in [4.78, 5) is 4.83. The summed E-state index contributed by atoms with van der Waals surface area (Å²) in [5.74, 6) is 0. The van der Waals surface area contributed by atoms with E-state index in [0.717, 1.165) is 33.2 Å². The van der Waals surface area contributed by atoms with E-state index in [9.17, 15) is 0 Å². The number of fused-ring (bicyclic) bond motifs is 5. The first kappa shape index (κ1) is 17.2. The molecule has 29 heavy (non-hydrogen) atoms. The molecule has 6 aromatic rings. The predicted molar refractivity (Wildman–Crippen MR) is 126 cm³/mol. The van der Waals surface area contributed by atoms with Crippen molar-refractivity contribution in [3.63, 3.8) is 0 Å². The van der Waals surface area contributed by atoms with E-state index in [4.69, 9.17) is 9.40 Å². The Hall–Kier alpha value is -2.69. The van der Waals surface area contributed by atoms with E-state index in [1.807, 2.05) is 23.6 Å². The standard InChI is InChI=1S/C25H19NOS2/c1-25(2,3)18-11-16(10-15-6-9-29-24(15)18)23-22-17-13-21-14(5-8-28-21)12-20(17)27-19(22)4-7-26-23/h4-13H,1-3H3. The van der Waals surface area contributed by atoms with Gasteiger partial charge in [-0.3, -0.25) is 4.98 Å². The number of pyridine rings is 1. The first-order valence-electron chi connectivity index (χ1n) is 9.70. The number of thiophene rings is 2. The average Bonchev–Trinajstić information content (AvgIpc) is 3.41. The molecule has 0 fully saturated rings. The van der Waals surface area contributed by atoms with Crippen molar-refractivity contribution in [2.45, 2.75) is 26.2 Å². The van der Waals surface area contributed by atoms with Crippen LogP contribution < -0.4 is 0 Å². The molecule has 2 nitrogen and oxygen atoms in total. The molecule has 0 N–H and O–H groups in total. The first-order valence-corrected chi connectivity index (χ1v) is 11.5. The molecule has 0 amide bonds. The molecule has 4 heteroatoms. The van der Waals surface area contributed by atoms with Gasteiger partial charge in [0.25, 0.3) is 0 Å². The summed E-state index contributed by atoms with van der Waals surface area (Å²) in [6.07, 6.45) is 1.86. The Morgan fingerprint density at radius 3 is 2.55 bits per heavy atom. The lowest BCUT2D eigenvalue weighted by molar-refractivity contribution is 0.597. The van der Waals surface area contributed by atoms with Crippen LogP contribution in [-0.4, -0.2) is 4.98 Å². The summed E-state index contributed by atoms with van der Waals surface area (Å²) >= 11 is 3.58. The summed E-state index contributed by atoms with van der Waals surface area (Å²) in [5.41, 5.74) is 5.40. The van der Waals surface area contributed by atoms with Gasteiger partial charge in [0.15, 0.2) is 0 Å². The molecule has 0 aliphatic heterocycles. The van der Waals surface area contributed by atoms with E-state index in [1.165, 1.54) is 25.7 Å². The lowest BCUT2D eigenvalue weighted by atomic mass is 9.85. The van der Waals surface area contributed by atoms with Crippen LogP contribution in [0.3, 0.4) is 0 Å². The van der Waals surface area contributed by atoms with Crippen LogP contribution in [0.2, 0.25) is 0 Å². The second-order valence-electron chi connectivity index (χ2n) is 8.55. The summed E-state index contributed by atoms with van der Waals surface area (Å²) in [7, 11) is 0. The van der Waals surface area contributed by atoms with Crippen LogP contribution in [0.4, 0.5) is 0 Å². The van der Waals surface area contributed by atoms with Gasteiger partial charge in [-0.2, -0.15) is 0 Å². The first-order chi connectivity index (χ1) is 14.0. The monoisotopic (exact) mass is 413 g/mol. The van der Waals surface area contributed by atoms with Gasteiger partial charge in [0, 0.05) is 26.5 Å². The lowest BCUT2D eigenvalue weighted by Gasteiger charge is -2.21. The highest BCUT2D eigenvalue weighted by molar-refractivity contribution is 7.17. The molecule has 2 aromatic carbocycles. The van der Waals surface area contributed by atoms with Gasteiger partial charge in [0.1, 0.15) is 11.2 Å². The molecule has 0 radical (unpaired) electrons. The van der Waals surface area contributed by atoms with Crippen molar-refractivity contribution >= 4 is 64.8 Å². The van der Waals surface area contributed by atoms with Crippen molar-refractivity contribution in [1.82, 2.24) is 4.98 Å². The maximum Gasteiger partial charge on any atom is 0.139 e. The molecular weight excluding hydrogens is 394 g/mol. The van der Waals surface area contributed by atoms with E-state index < -0.39 is 0 Å². The maximum atomic E-state index is 6.23. The van der Waals surface area contributed by atoms with Gasteiger partial charge in [-0.15, -0.1) is 22.7 Å². The van der Waals surface area contributed by atoms with Crippen LogP contribution in [0, 0.1) is 0 Å². The van der Waals surface area contributed by atoms with Crippen molar-refractivity contribution in [3.8, 4) is 11.3 Å². The fourth-order valence-electron chi connectivity index (χ4n) is 4.17. The Balaban J connectivity index is 1.72. The Kier molecular flexibility index (Phi) is 3.50. The van der Waals surface area contributed by atoms with Crippen LogP contribution in [0.1, 0.15) is 26.3 Å². The number of aromatic nitrogens is 1. The van der Waals surface area contributed by atoms with Crippen LogP contribution in [0.25, 0.3) is 53.4 Å². The van der Waals surface area contributed by atoms with Gasteiger partial charge < -0.3 is 4.42 Å². The second kappa shape index (κ2) is 5.91. The van der Waals surface area contributed by atoms with Crippen molar-refractivity contribution in [2.24, 2.45) is 0 Å². The summed E-state index contributed by atoms with van der Waals surface area (Å²) in [6, 6.07) is 15.3. The highest BCUT2D eigenvalue weighted by Gasteiger charge is 2.21. The maximum absolute atomic E-state index is 6.23. The Labute approximate surface area is 176 Å². The molecule has 6 rings (SSSR count). The van der Waals surface area contributed by atoms with Crippen molar-refractivity contribution in [1.29, 1.82) is 0 Å². The number of hydrogen-bond acceptors (Lipinski definition) is 4. The zero-order valence-electron chi connectivity index (χ0n) is 16.4.